The van der Waals surface area contributed by atoms with Crippen LogP contribution in [0.25, 0.3) is 44.3 Å². The molecule has 2 aliphatic carbocycles. The number of fused-ring (bicyclic) bond motifs is 2. The molecule has 16 nitrogen and oxygen atoms in total. The van der Waals surface area contributed by atoms with Gasteiger partial charge in [-0.3, -0.25) is 9.59 Å². The maximum Gasteiger partial charge on any atom is 0.410 e. The lowest BCUT2D eigenvalue weighted by Gasteiger charge is -2.24. The fourth-order valence-electron chi connectivity index (χ4n) is 11.5. The third-order valence-electron chi connectivity index (χ3n) is 15.5. The molecule has 436 valence electrons. The number of nitrogens with one attached hydrogen (secondary N) is 3. The molecular formula is C65H86N6O10. The van der Waals surface area contributed by atoms with E-state index in [1.807, 2.05) is 101 Å². The van der Waals surface area contributed by atoms with Gasteiger partial charge in [0.05, 0.1) is 62.0 Å². The number of rotatable bonds is 22. The molecule has 0 atom stereocenters. The van der Waals surface area contributed by atoms with Crippen LogP contribution in [0, 0.1) is 0 Å². The Morgan fingerprint density at radius 3 is 1.35 bits per heavy atom. The molecule has 2 aliphatic rings. The van der Waals surface area contributed by atoms with Crippen molar-refractivity contribution in [2.75, 3.05) is 68.7 Å². The SMILES string of the molecule is CNCCCCNC(=O)Cn1c(-c2ccc(OC)cc2)c(C2CCCCC2)c2ccc(C(=O)OC)cc21.COC(=O)c1ccc2c(C3CCCCC3)c(-c3ccc(OC)cc3)n(CC(=O)NCCCCN(C)C(=O)OC(C)(C)C)c2c1. The van der Waals surface area contributed by atoms with Gasteiger partial charge in [0.25, 0.3) is 0 Å². The van der Waals surface area contributed by atoms with Crippen LogP contribution < -0.4 is 25.4 Å². The van der Waals surface area contributed by atoms with Gasteiger partial charge in [-0.15, -0.1) is 0 Å². The fraction of sp³-hybridized carbons (Fsp3) is 0.492. The lowest BCUT2D eigenvalue weighted by molar-refractivity contribution is -0.122. The molecule has 0 bridgehead atoms. The second-order valence-corrected chi connectivity index (χ2v) is 22.4. The van der Waals surface area contributed by atoms with Gasteiger partial charge >= 0.3 is 18.0 Å². The molecular weight excluding hydrogens is 1020 g/mol. The number of esters is 2. The van der Waals surface area contributed by atoms with Crippen LogP contribution in [0.2, 0.25) is 0 Å². The van der Waals surface area contributed by atoms with E-state index in [0.717, 1.165) is 114 Å². The average Bonchev–Trinajstić information content (AvgIpc) is 4.00. The van der Waals surface area contributed by atoms with Gasteiger partial charge in [-0.25, -0.2) is 14.4 Å². The summed E-state index contributed by atoms with van der Waals surface area (Å²) >= 11 is 0. The Morgan fingerprint density at radius 2 is 0.963 bits per heavy atom. The van der Waals surface area contributed by atoms with E-state index < -0.39 is 11.6 Å². The molecule has 0 saturated heterocycles. The maximum atomic E-state index is 13.4. The summed E-state index contributed by atoms with van der Waals surface area (Å²) in [6.07, 6.45) is 14.7. The lowest BCUT2D eigenvalue weighted by atomic mass is 9.82. The predicted octanol–water partition coefficient (Wildman–Crippen LogP) is 12.2. The summed E-state index contributed by atoms with van der Waals surface area (Å²) < 4.78 is 30.4. The van der Waals surface area contributed by atoms with Crippen LogP contribution in [0.3, 0.4) is 0 Å². The fourth-order valence-corrected chi connectivity index (χ4v) is 11.5. The van der Waals surface area contributed by atoms with Gasteiger partial charge in [-0.05, 0) is 193 Å². The van der Waals surface area contributed by atoms with Crippen molar-refractivity contribution in [3.05, 3.63) is 107 Å². The van der Waals surface area contributed by atoms with Crippen LogP contribution in [-0.4, -0.2) is 118 Å². The number of hydrogen-bond donors (Lipinski definition) is 3. The van der Waals surface area contributed by atoms with Crippen LogP contribution in [0.1, 0.15) is 154 Å². The van der Waals surface area contributed by atoms with Crippen molar-refractivity contribution in [1.29, 1.82) is 0 Å². The number of nitrogens with zero attached hydrogens (tertiary/aromatic N) is 3. The van der Waals surface area contributed by atoms with E-state index in [1.165, 1.54) is 63.9 Å². The minimum atomic E-state index is -0.541. The molecule has 3 N–H and O–H groups in total. The zero-order valence-corrected chi connectivity index (χ0v) is 49.3. The van der Waals surface area contributed by atoms with Crippen molar-refractivity contribution < 1.29 is 47.7 Å². The van der Waals surface area contributed by atoms with Crippen molar-refractivity contribution in [2.45, 2.75) is 141 Å². The quantitative estimate of drug-likeness (QED) is 0.0334. The third kappa shape index (κ3) is 16.0. The van der Waals surface area contributed by atoms with Gasteiger partial charge in [-0.1, -0.05) is 50.7 Å². The number of unbranched alkanes of at least 4 members (excludes halogenated alkanes) is 2. The predicted molar refractivity (Wildman–Crippen MR) is 319 cm³/mol. The second kappa shape index (κ2) is 29.4. The highest BCUT2D eigenvalue weighted by Gasteiger charge is 2.30. The van der Waals surface area contributed by atoms with Crippen molar-refractivity contribution in [1.82, 2.24) is 30.0 Å². The first-order valence-corrected chi connectivity index (χ1v) is 29.0. The van der Waals surface area contributed by atoms with Gasteiger partial charge < -0.3 is 53.7 Å². The van der Waals surface area contributed by atoms with Crippen molar-refractivity contribution >= 4 is 51.7 Å². The van der Waals surface area contributed by atoms with E-state index in [9.17, 15) is 24.0 Å². The Labute approximate surface area is 478 Å². The van der Waals surface area contributed by atoms with E-state index in [-0.39, 0.29) is 37.0 Å². The van der Waals surface area contributed by atoms with E-state index in [2.05, 4.69) is 37.2 Å². The number of ether oxygens (including phenoxy) is 5. The van der Waals surface area contributed by atoms with E-state index in [1.54, 1.807) is 26.2 Å². The van der Waals surface area contributed by atoms with Gasteiger partial charge in [0.15, 0.2) is 0 Å². The van der Waals surface area contributed by atoms with Crippen LogP contribution >= 0.6 is 0 Å². The largest absolute Gasteiger partial charge is 0.497 e. The molecule has 81 heavy (non-hydrogen) atoms. The Balaban J connectivity index is 0.000000237. The highest BCUT2D eigenvalue weighted by molar-refractivity contribution is 6.01. The van der Waals surface area contributed by atoms with Gasteiger partial charge in [0, 0.05) is 37.5 Å². The number of hydrogen-bond acceptors (Lipinski definition) is 11. The first-order valence-electron chi connectivity index (χ1n) is 29.0. The summed E-state index contributed by atoms with van der Waals surface area (Å²) in [5.41, 5.74) is 8.73. The van der Waals surface area contributed by atoms with Crippen LogP contribution in [0.15, 0.2) is 84.9 Å². The van der Waals surface area contributed by atoms with Gasteiger partial charge in [0.2, 0.25) is 11.8 Å². The highest BCUT2D eigenvalue weighted by Crippen LogP contribution is 2.46. The third-order valence-corrected chi connectivity index (χ3v) is 15.5. The Bertz CT molecular complexity index is 3070. The summed E-state index contributed by atoms with van der Waals surface area (Å²) in [4.78, 5) is 65.3. The Morgan fingerprint density at radius 1 is 0.556 bits per heavy atom. The smallest absolute Gasteiger partial charge is 0.410 e. The summed E-state index contributed by atoms with van der Waals surface area (Å²) in [6, 6.07) is 27.4. The van der Waals surface area contributed by atoms with E-state index in [0.29, 0.717) is 42.6 Å². The molecule has 4 aromatic carbocycles. The summed E-state index contributed by atoms with van der Waals surface area (Å²) in [6.45, 7) is 8.41. The molecule has 2 aromatic heterocycles. The monoisotopic (exact) mass is 1110 g/mol. The average molecular weight is 1110 g/mol. The lowest BCUT2D eigenvalue weighted by Crippen LogP contribution is -2.35. The Hall–Kier alpha value is -7.33. The summed E-state index contributed by atoms with van der Waals surface area (Å²) in [5, 5.41) is 11.5. The second-order valence-electron chi connectivity index (χ2n) is 22.4. The first kappa shape index (κ1) is 61.3. The number of aromatic nitrogens is 2. The van der Waals surface area contributed by atoms with Crippen molar-refractivity contribution in [3.8, 4) is 34.0 Å². The van der Waals surface area contributed by atoms with E-state index in [4.69, 9.17) is 23.7 Å². The minimum Gasteiger partial charge on any atom is -0.497 e. The number of methoxy groups -OCH3 is 4. The number of amides is 3. The molecule has 2 fully saturated rings. The van der Waals surface area contributed by atoms with Crippen molar-refractivity contribution in [3.63, 3.8) is 0 Å². The molecule has 0 unspecified atom stereocenters. The van der Waals surface area contributed by atoms with Crippen LogP contribution in [0.5, 0.6) is 11.5 Å². The molecule has 0 radical (unpaired) electrons. The number of benzene rings is 4. The molecule has 2 saturated carbocycles. The summed E-state index contributed by atoms with van der Waals surface area (Å²) in [5.74, 6) is 1.38. The zero-order chi connectivity index (χ0) is 58.1. The molecule has 6 aromatic rings. The molecule has 3 amide bonds. The summed E-state index contributed by atoms with van der Waals surface area (Å²) in [7, 11) is 9.73. The van der Waals surface area contributed by atoms with Crippen molar-refractivity contribution in [2.24, 2.45) is 0 Å². The van der Waals surface area contributed by atoms with Gasteiger partial charge in [0.1, 0.15) is 30.2 Å². The van der Waals surface area contributed by atoms with Crippen LogP contribution in [-0.2, 0) is 36.9 Å². The molecule has 8 rings (SSSR count). The topological polar surface area (TPSA) is 181 Å². The minimum absolute atomic E-state index is 0.0326. The zero-order valence-electron chi connectivity index (χ0n) is 49.3. The standard InChI is InChI=1S/C35H47N3O6.C30H39N3O4/c1-35(2,3)44-34(41)37(4)21-11-10-20-36-30(39)23-38-29-22-26(33(40)43-6)16-19-28(29)31(24-12-8-7-9-13-24)32(38)25-14-17-27(42-5)18-15-25;1-31-17-7-8-18-32-27(34)20-33-26-19-23(30(35)37-3)13-16-25(26)28(21-9-5-4-6-10-21)29(33)22-11-14-24(36-2)15-12-22/h14-19,22,24H,7-13,20-21,23H2,1-6H3,(H,36,39);11-16,19,21,31H,4-10,17-18,20H2,1-3H3,(H,32,34). The number of carbonyl (C=O) groups is 5. The molecule has 0 aliphatic heterocycles. The highest BCUT2D eigenvalue weighted by atomic mass is 16.6. The normalized spacial score (nSPS) is 13.9. The molecule has 2 heterocycles. The first-order chi connectivity index (χ1) is 39.1. The van der Waals surface area contributed by atoms with Crippen LogP contribution in [0.4, 0.5) is 4.79 Å². The molecule has 16 heteroatoms. The maximum absolute atomic E-state index is 13.4. The Kier molecular flexibility index (Phi) is 22.3. The van der Waals surface area contributed by atoms with Gasteiger partial charge in [-0.2, -0.15) is 0 Å². The van der Waals surface area contributed by atoms with E-state index >= 15 is 0 Å². The molecule has 0 spiro atoms. The number of carbonyl (C=O) groups excluding carboxylic acids is 5.